The van der Waals surface area contributed by atoms with Gasteiger partial charge in [0.05, 0.1) is 18.6 Å². The molecule has 1 aromatic rings. The van der Waals surface area contributed by atoms with Crippen molar-refractivity contribution < 1.29 is 21.6 Å². The van der Waals surface area contributed by atoms with Crippen molar-refractivity contribution in [3.8, 4) is 5.75 Å². The Balaban J connectivity index is 0.00000243. The minimum Gasteiger partial charge on any atom is -0.495 e. The first-order valence-electron chi connectivity index (χ1n) is 8.16. The fourth-order valence-electron chi connectivity index (χ4n) is 3.34. The number of ether oxygens (including phenoxy) is 1. The Morgan fingerprint density at radius 2 is 1.81 bits per heavy atom. The van der Waals surface area contributed by atoms with Gasteiger partial charge in [-0.1, -0.05) is 0 Å². The number of methoxy groups -OCH3 is 1. The van der Waals surface area contributed by atoms with Crippen LogP contribution in [0.1, 0.15) is 6.92 Å². The number of halogens is 1. The molecule has 26 heavy (non-hydrogen) atoms. The summed E-state index contributed by atoms with van der Waals surface area (Å²) >= 11 is 0. The van der Waals surface area contributed by atoms with Gasteiger partial charge in [-0.3, -0.25) is 4.72 Å². The molecule has 2 atom stereocenters. The number of fused-ring (bicyclic) bond motifs is 1. The molecule has 0 radical (unpaired) electrons. The van der Waals surface area contributed by atoms with E-state index >= 15 is 0 Å². The molecular formula is C15H24ClN3O5S2. The van der Waals surface area contributed by atoms with Crippen molar-refractivity contribution in [1.29, 1.82) is 0 Å². The van der Waals surface area contributed by atoms with E-state index in [0.29, 0.717) is 24.9 Å². The number of nitrogens with one attached hydrogen (secondary N) is 2. The summed E-state index contributed by atoms with van der Waals surface area (Å²) in [4.78, 5) is 0.0578. The van der Waals surface area contributed by atoms with Gasteiger partial charge in [0.1, 0.15) is 10.6 Å². The zero-order valence-corrected chi connectivity index (χ0v) is 17.1. The van der Waals surface area contributed by atoms with Gasteiger partial charge in [0.2, 0.25) is 20.0 Å². The molecule has 1 aromatic carbocycles. The minimum atomic E-state index is -3.69. The Labute approximate surface area is 160 Å². The quantitative estimate of drug-likeness (QED) is 0.695. The average molecular weight is 426 g/mol. The summed E-state index contributed by atoms with van der Waals surface area (Å²) in [5.41, 5.74) is 0.278. The molecule has 2 saturated heterocycles. The van der Waals surface area contributed by atoms with E-state index < -0.39 is 20.0 Å². The fourth-order valence-corrected chi connectivity index (χ4v) is 5.66. The van der Waals surface area contributed by atoms with Gasteiger partial charge in [-0.25, -0.2) is 16.8 Å². The Morgan fingerprint density at radius 1 is 1.19 bits per heavy atom. The predicted octanol–water partition coefficient (Wildman–Crippen LogP) is 0.718. The highest BCUT2D eigenvalue weighted by molar-refractivity contribution is 7.92. The fraction of sp³-hybridized carbons (Fsp3) is 0.600. The lowest BCUT2D eigenvalue weighted by Crippen LogP contribution is -2.32. The average Bonchev–Trinajstić information content (AvgIpc) is 3.16. The molecule has 0 aliphatic carbocycles. The summed E-state index contributed by atoms with van der Waals surface area (Å²) in [6, 6.07) is 4.24. The topological polar surface area (TPSA) is 105 Å². The van der Waals surface area contributed by atoms with E-state index in [1.54, 1.807) is 0 Å². The lowest BCUT2D eigenvalue weighted by molar-refractivity contribution is 0.396. The van der Waals surface area contributed by atoms with Crippen LogP contribution >= 0.6 is 12.4 Å². The molecule has 11 heteroatoms. The first kappa shape index (κ1) is 21.2. The van der Waals surface area contributed by atoms with E-state index in [2.05, 4.69) is 10.0 Å². The summed E-state index contributed by atoms with van der Waals surface area (Å²) < 4.78 is 58.5. The predicted molar refractivity (Wildman–Crippen MR) is 102 cm³/mol. The summed E-state index contributed by atoms with van der Waals surface area (Å²) in [7, 11) is -5.76. The van der Waals surface area contributed by atoms with Gasteiger partial charge < -0.3 is 10.1 Å². The van der Waals surface area contributed by atoms with E-state index in [-0.39, 0.29) is 34.5 Å². The number of nitrogens with zero attached hydrogens (tertiary/aromatic N) is 1. The number of benzene rings is 1. The normalized spacial score (nSPS) is 23.3. The van der Waals surface area contributed by atoms with Crippen LogP contribution in [0.25, 0.3) is 0 Å². The number of hydrogen-bond donors (Lipinski definition) is 2. The van der Waals surface area contributed by atoms with E-state index in [0.717, 1.165) is 13.1 Å². The molecule has 148 valence electrons. The maximum atomic E-state index is 13.0. The third kappa shape index (κ3) is 4.09. The lowest BCUT2D eigenvalue weighted by Gasteiger charge is -2.19. The van der Waals surface area contributed by atoms with Crippen molar-refractivity contribution in [2.75, 3.05) is 43.8 Å². The number of anilines is 1. The van der Waals surface area contributed by atoms with E-state index in [1.807, 2.05) is 0 Å². The first-order chi connectivity index (χ1) is 11.8. The molecule has 2 aliphatic heterocycles. The van der Waals surface area contributed by atoms with Crippen molar-refractivity contribution in [1.82, 2.24) is 9.62 Å². The molecule has 2 fully saturated rings. The van der Waals surface area contributed by atoms with Gasteiger partial charge in [0.25, 0.3) is 0 Å². The van der Waals surface area contributed by atoms with Gasteiger partial charge in [-0.2, -0.15) is 4.31 Å². The van der Waals surface area contributed by atoms with E-state index in [1.165, 1.54) is 36.5 Å². The van der Waals surface area contributed by atoms with Crippen LogP contribution in [0.15, 0.2) is 23.1 Å². The summed E-state index contributed by atoms with van der Waals surface area (Å²) in [6.07, 6.45) is 0. The maximum absolute atomic E-state index is 13.0. The smallest absolute Gasteiger partial charge is 0.246 e. The highest BCUT2D eigenvalue weighted by atomic mass is 35.5. The maximum Gasteiger partial charge on any atom is 0.246 e. The van der Waals surface area contributed by atoms with Crippen molar-refractivity contribution in [2.24, 2.45) is 11.8 Å². The van der Waals surface area contributed by atoms with Crippen molar-refractivity contribution in [3.05, 3.63) is 18.2 Å². The van der Waals surface area contributed by atoms with Crippen molar-refractivity contribution >= 4 is 38.1 Å². The largest absolute Gasteiger partial charge is 0.495 e. The molecule has 2 heterocycles. The van der Waals surface area contributed by atoms with Crippen LogP contribution < -0.4 is 14.8 Å². The van der Waals surface area contributed by atoms with Gasteiger partial charge in [0.15, 0.2) is 0 Å². The summed E-state index contributed by atoms with van der Waals surface area (Å²) in [6.45, 7) is 4.19. The van der Waals surface area contributed by atoms with Gasteiger partial charge in [-0.05, 0) is 44.0 Å². The summed E-state index contributed by atoms with van der Waals surface area (Å²) in [5, 5.41) is 3.28. The highest BCUT2D eigenvalue weighted by Crippen LogP contribution is 2.35. The molecule has 0 unspecified atom stereocenters. The molecular weight excluding hydrogens is 402 g/mol. The van der Waals surface area contributed by atoms with Crippen LogP contribution in [0.2, 0.25) is 0 Å². The zero-order valence-electron chi connectivity index (χ0n) is 14.6. The van der Waals surface area contributed by atoms with Crippen LogP contribution in [-0.4, -0.2) is 60.2 Å². The number of sulfonamides is 2. The molecule has 0 spiro atoms. The second-order valence-corrected chi connectivity index (χ2v) is 10.3. The second kappa shape index (κ2) is 7.89. The minimum absolute atomic E-state index is 0. The van der Waals surface area contributed by atoms with E-state index in [4.69, 9.17) is 4.74 Å². The number of rotatable bonds is 6. The van der Waals surface area contributed by atoms with Crippen LogP contribution in [0.3, 0.4) is 0 Å². The Morgan fingerprint density at radius 3 is 2.35 bits per heavy atom. The van der Waals surface area contributed by atoms with Gasteiger partial charge in [-0.15, -0.1) is 12.4 Å². The highest BCUT2D eigenvalue weighted by Gasteiger charge is 2.42. The SMILES string of the molecule is CCS(=O)(=O)Nc1ccc(S(=O)(=O)N2C[C@H]3CNC[C@H]3C2)c(OC)c1.Cl. The van der Waals surface area contributed by atoms with Crippen LogP contribution in [0, 0.1) is 11.8 Å². The van der Waals surface area contributed by atoms with Crippen molar-refractivity contribution in [2.45, 2.75) is 11.8 Å². The summed E-state index contributed by atoms with van der Waals surface area (Å²) in [5.74, 6) is 0.749. The molecule has 2 aliphatic rings. The third-order valence-electron chi connectivity index (χ3n) is 4.79. The Hall–Kier alpha value is -1.07. The third-order valence-corrected chi connectivity index (χ3v) is 7.97. The zero-order chi connectivity index (χ0) is 18.2. The number of hydrogen-bond acceptors (Lipinski definition) is 6. The molecule has 0 amide bonds. The van der Waals surface area contributed by atoms with Crippen LogP contribution in [0.4, 0.5) is 5.69 Å². The molecule has 0 aromatic heterocycles. The Bertz CT molecular complexity index is 848. The molecule has 8 nitrogen and oxygen atoms in total. The molecule has 0 bridgehead atoms. The second-order valence-electron chi connectivity index (χ2n) is 6.37. The van der Waals surface area contributed by atoms with Crippen LogP contribution in [-0.2, 0) is 20.0 Å². The van der Waals surface area contributed by atoms with Gasteiger partial charge in [0, 0.05) is 19.2 Å². The van der Waals surface area contributed by atoms with E-state index in [9.17, 15) is 16.8 Å². The molecule has 3 rings (SSSR count). The molecule has 2 N–H and O–H groups in total. The standard InChI is InChI=1S/C15H23N3O5S2.ClH/c1-3-24(19,20)17-13-4-5-15(14(6-13)23-2)25(21,22)18-9-11-7-16-8-12(11)10-18;/h4-6,11-12,16-17H,3,7-10H2,1-2H3;1H/t11-,12+;. The van der Waals surface area contributed by atoms with Crippen LogP contribution in [0.5, 0.6) is 5.75 Å². The van der Waals surface area contributed by atoms with Gasteiger partial charge >= 0.3 is 0 Å². The monoisotopic (exact) mass is 425 g/mol. The molecule has 0 saturated carbocycles. The Kier molecular flexibility index (Phi) is 6.44. The lowest BCUT2D eigenvalue weighted by atomic mass is 10.0. The van der Waals surface area contributed by atoms with Crippen molar-refractivity contribution in [3.63, 3.8) is 0 Å². The first-order valence-corrected chi connectivity index (χ1v) is 11.3.